The van der Waals surface area contributed by atoms with Crippen molar-refractivity contribution in [2.75, 3.05) is 0 Å². The van der Waals surface area contributed by atoms with Gasteiger partial charge in [-0.05, 0) is 60.7 Å². The molecule has 1 aromatic heterocycles. The van der Waals surface area contributed by atoms with E-state index in [1.807, 2.05) is 42.5 Å². The molecular formula is C20H12BrNO2. The third-order valence-electron chi connectivity index (χ3n) is 4.17. The number of nitrogens with zero attached hydrogens (tertiary/aromatic N) is 1. The molecule has 4 rings (SSSR count). The van der Waals surface area contributed by atoms with Crippen molar-refractivity contribution in [1.29, 1.82) is 0 Å². The van der Waals surface area contributed by atoms with Gasteiger partial charge in [-0.25, -0.2) is 0 Å². The smallest absolute Gasteiger partial charge is 0.150 e. The van der Waals surface area contributed by atoms with Crippen LogP contribution in [-0.2, 0) is 0 Å². The second kappa shape index (κ2) is 5.73. The molecule has 24 heavy (non-hydrogen) atoms. The fraction of sp³-hybridized carbons (Fsp3) is 0. The molecule has 1 heterocycles. The summed E-state index contributed by atoms with van der Waals surface area (Å²) in [6, 6.07) is 19.3. The molecule has 4 heteroatoms. The van der Waals surface area contributed by atoms with Crippen LogP contribution in [0.1, 0.15) is 20.7 Å². The van der Waals surface area contributed by atoms with Crippen LogP contribution >= 0.6 is 15.9 Å². The quantitative estimate of drug-likeness (QED) is 0.462. The van der Waals surface area contributed by atoms with Crippen LogP contribution in [0.15, 0.2) is 65.1 Å². The van der Waals surface area contributed by atoms with Crippen molar-refractivity contribution in [2.45, 2.75) is 0 Å². The fourth-order valence-electron chi connectivity index (χ4n) is 3.07. The van der Waals surface area contributed by atoms with Crippen LogP contribution in [0.2, 0.25) is 0 Å². The van der Waals surface area contributed by atoms with Gasteiger partial charge in [-0.1, -0.05) is 15.9 Å². The van der Waals surface area contributed by atoms with Crippen molar-refractivity contribution in [2.24, 2.45) is 0 Å². The van der Waals surface area contributed by atoms with Crippen LogP contribution in [0.25, 0.3) is 27.5 Å². The van der Waals surface area contributed by atoms with Gasteiger partial charge < -0.3 is 4.57 Å². The van der Waals surface area contributed by atoms with Crippen molar-refractivity contribution >= 4 is 50.3 Å². The Bertz CT molecular complexity index is 1090. The maximum atomic E-state index is 11.2. The Balaban J connectivity index is 2.11. The summed E-state index contributed by atoms with van der Waals surface area (Å²) < 4.78 is 3.13. The molecule has 0 N–H and O–H groups in total. The number of hydrogen-bond acceptors (Lipinski definition) is 2. The predicted molar refractivity (Wildman–Crippen MR) is 99.3 cm³/mol. The highest BCUT2D eigenvalue weighted by Gasteiger charge is 2.13. The molecule has 3 nitrogen and oxygen atoms in total. The predicted octanol–water partition coefficient (Wildman–Crippen LogP) is 5.17. The molecule has 116 valence electrons. The van der Waals surface area contributed by atoms with Crippen molar-refractivity contribution in [3.05, 3.63) is 76.3 Å². The van der Waals surface area contributed by atoms with Gasteiger partial charge in [0.2, 0.25) is 0 Å². The lowest BCUT2D eigenvalue weighted by Gasteiger charge is -2.08. The topological polar surface area (TPSA) is 39.1 Å². The fourth-order valence-corrected chi connectivity index (χ4v) is 3.43. The summed E-state index contributed by atoms with van der Waals surface area (Å²) in [5.74, 6) is 0. The van der Waals surface area contributed by atoms with Crippen LogP contribution in [0.5, 0.6) is 0 Å². The number of rotatable bonds is 3. The van der Waals surface area contributed by atoms with Gasteiger partial charge >= 0.3 is 0 Å². The minimum atomic E-state index is 0.644. The van der Waals surface area contributed by atoms with Gasteiger partial charge in [0.15, 0.2) is 0 Å². The molecule has 0 radical (unpaired) electrons. The number of fused-ring (bicyclic) bond motifs is 3. The Hall–Kier alpha value is -2.72. The zero-order valence-electron chi connectivity index (χ0n) is 12.6. The number of carbonyl (C=O) groups excluding carboxylic acids is 2. The summed E-state index contributed by atoms with van der Waals surface area (Å²) >= 11 is 3.52. The highest BCUT2D eigenvalue weighted by Crippen LogP contribution is 2.34. The lowest BCUT2D eigenvalue weighted by Crippen LogP contribution is -1.94. The summed E-state index contributed by atoms with van der Waals surface area (Å²) in [6.07, 6.45) is 1.70. The minimum Gasteiger partial charge on any atom is -0.309 e. The van der Waals surface area contributed by atoms with E-state index in [1.165, 1.54) is 0 Å². The van der Waals surface area contributed by atoms with E-state index in [4.69, 9.17) is 0 Å². The van der Waals surface area contributed by atoms with Crippen LogP contribution < -0.4 is 0 Å². The van der Waals surface area contributed by atoms with E-state index < -0.39 is 0 Å². The second-order valence-corrected chi connectivity index (χ2v) is 6.52. The van der Waals surface area contributed by atoms with Crippen molar-refractivity contribution in [1.82, 2.24) is 4.57 Å². The second-order valence-electron chi connectivity index (χ2n) is 5.60. The summed E-state index contributed by atoms with van der Waals surface area (Å²) in [5, 5.41) is 2.10. The third-order valence-corrected chi connectivity index (χ3v) is 4.67. The minimum absolute atomic E-state index is 0.644. The van der Waals surface area contributed by atoms with Crippen molar-refractivity contribution in [3.63, 3.8) is 0 Å². The Morgan fingerprint density at radius 3 is 1.96 bits per heavy atom. The maximum Gasteiger partial charge on any atom is 0.150 e. The average Bonchev–Trinajstić information content (AvgIpc) is 2.94. The highest BCUT2D eigenvalue weighted by molar-refractivity contribution is 9.10. The Morgan fingerprint density at radius 1 is 0.708 bits per heavy atom. The summed E-state index contributed by atoms with van der Waals surface area (Å²) in [7, 11) is 0. The molecule has 0 spiro atoms. The van der Waals surface area contributed by atoms with Crippen molar-refractivity contribution < 1.29 is 9.59 Å². The van der Waals surface area contributed by atoms with Gasteiger partial charge in [0.1, 0.15) is 12.6 Å². The Morgan fingerprint density at radius 2 is 1.29 bits per heavy atom. The van der Waals surface area contributed by atoms with E-state index in [-0.39, 0.29) is 0 Å². The van der Waals surface area contributed by atoms with Gasteiger partial charge in [-0.2, -0.15) is 0 Å². The zero-order chi connectivity index (χ0) is 16.7. The first-order valence-corrected chi connectivity index (χ1v) is 8.25. The lowest BCUT2D eigenvalue weighted by molar-refractivity contribution is 0.111. The first kappa shape index (κ1) is 14.8. The zero-order valence-corrected chi connectivity index (χ0v) is 14.2. The molecule has 0 bridgehead atoms. The molecule has 0 aliphatic heterocycles. The standard InChI is InChI=1S/C20H12BrNO2/c21-15-4-8-20-18(10-15)17-9-14(12-24)3-7-19(17)22(20)16-5-1-13(11-23)2-6-16/h1-12H. The Labute approximate surface area is 146 Å². The van der Waals surface area contributed by atoms with E-state index in [2.05, 4.69) is 26.6 Å². The SMILES string of the molecule is O=Cc1ccc(-n2c3ccc(Br)cc3c3cc(C=O)ccc32)cc1. The molecule has 0 aliphatic rings. The molecule has 3 aromatic carbocycles. The van der Waals surface area contributed by atoms with E-state index >= 15 is 0 Å². The van der Waals surface area contributed by atoms with Gasteiger partial charge in [0, 0.05) is 32.1 Å². The monoisotopic (exact) mass is 377 g/mol. The van der Waals surface area contributed by atoms with Crippen LogP contribution in [0.3, 0.4) is 0 Å². The van der Waals surface area contributed by atoms with E-state index in [9.17, 15) is 9.59 Å². The summed E-state index contributed by atoms with van der Waals surface area (Å²) in [6.45, 7) is 0. The molecule has 0 saturated heterocycles. The first-order valence-electron chi connectivity index (χ1n) is 7.46. The maximum absolute atomic E-state index is 11.2. The molecule has 0 atom stereocenters. The molecule has 0 saturated carbocycles. The summed E-state index contributed by atoms with van der Waals surface area (Å²) in [4.78, 5) is 22.0. The number of carbonyl (C=O) groups is 2. The molecule has 0 unspecified atom stereocenters. The largest absolute Gasteiger partial charge is 0.309 e. The van der Waals surface area contributed by atoms with Crippen LogP contribution in [-0.4, -0.2) is 17.1 Å². The van der Waals surface area contributed by atoms with Crippen molar-refractivity contribution in [3.8, 4) is 5.69 Å². The number of hydrogen-bond donors (Lipinski definition) is 0. The third kappa shape index (κ3) is 2.27. The number of halogens is 1. The van der Waals surface area contributed by atoms with E-state index in [1.54, 1.807) is 12.1 Å². The van der Waals surface area contributed by atoms with Gasteiger partial charge in [-0.3, -0.25) is 9.59 Å². The Kier molecular flexibility index (Phi) is 3.54. The molecule has 0 aliphatic carbocycles. The molecule has 0 fully saturated rings. The summed E-state index contributed by atoms with van der Waals surface area (Å²) in [5.41, 5.74) is 4.34. The molecule has 0 amide bonds. The number of aromatic nitrogens is 1. The highest BCUT2D eigenvalue weighted by atomic mass is 79.9. The van der Waals surface area contributed by atoms with Gasteiger partial charge in [0.05, 0.1) is 11.0 Å². The molecular weight excluding hydrogens is 366 g/mol. The van der Waals surface area contributed by atoms with Gasteiger partial charge in [0.25, 0.3) is 0 Å². The average molecular weight is 378 g/mol. The van der Waals surface area contributed by atoms with Crippen LogP contribution in [0, 0.1) is 0 Å². The van der Waals surface area contributed by atoms with Crippen LogP contribution in [0.4, 0.5) is 0 Å². The van der Waals surface area contributed by atoms with Gasteiger partial charge in [-0.15, -0.1) is 0 Å². The van der Waals surface area contributed by atoms with E-state index in [0.717, 1.165) is 44.5 Å². The van der Waals surface area contributed by atoms with E-state index in [0.29, 0.717) is 11.1 Å². The lowest BCUT2D eigenvalue weighted by atomic mass is 10.1. The number of benzene rings is 3. The molecule has 4 aromatic rings. The normalized spacial score (nSPS) is 11.0. The first-order chi connectivity index (χ1) is 11.7. The number of aldehydes is 2.